The largest absolute Gasteiger partial charge is 0.310 e. The van der Waals surface area contributed by atoms with Crippen LogP contribution in [0.3, 0.4) is 0 Å². The van der Waals surface area contributed by atoms with Gasteiger partial charge in [-0.3, -0.25) is 0 Å². The van der Waals surface area contributed by atoms with E-state index in [1.165, 1.54) is 12.8 Å². The second kappa shape index (κ2) is 5.28. The van der Waals surface area contributed by atoms with Crippen molar-refractivity contribution in [3.8, 4) is 0 Å². The fourth-order valence-corrected chi connectivity index (χ4v) is 2.63. The Morgan fingerprint density at radius 2 is 2.25 bits per heavy atom. The molecule has 0 spiro atoms. The molecule has 1 N–H and O–H groups in total. The van der Waals surface area contributed by atoms with Gasteiger partial charge in [-0.05, 0) is 43.9 Å². The van der Waals surface area contributed by atoms with Crippen LogP contribution in [0.2, 0.25) is 0 Å². The van der Waals surface area contributed by atoms with Gasteiger partial charge in [-0.1, -0.05) is 28.9 Å². The summed E-state index contributed by atoms with van der Waals surface area (Å²) in [6, 6.07) is 5.38. The van der Waals surface area contributed by atoms with E-state index in [2.05, 4.69) is 28.2 Å². The van der Waals surface area contributed by atoms with Gasteiger partial charge in [0, 0.05) is 16.1 Å². The van der Waals surface area contributed by atoms with Crippen LogP contribution in [0, 0.1) is 11.7 Å². The molecule has 0 bridgehead atoms. The topological polar surface area (TPSA) is 12.0 Å². The number of hydrogen-bond acceptors (Lipinski definition) is 1. The molecule has 88 valence electrons. The zero-order valence-corrected chi connectivity index (χ0v) is 11.1. The van der Waals surface area contributed by atoms with Crippen LogP contribution in [0.4, 0.5) is 4.39 Å². The van der Waals surface area contributed by atoms with E-state index in [0.717, 1.165) is 23.0 Å². The fraction of sp³-hybridized carbons (Fsp3) is 0.538. The van der Waals surface area contributed by atoms with E-state index >= 15 is 0 Å². The van der Waals surface area contributed by atoms with E-state index in [4.69, 9.17) is 0 Å². The zero-order valence-electron chi connectivity index (χ0n) is 9.47. The molecule has 1 unspecified atom stereocenters. The normalized spacial score (nSPS) is 17.4. The molecule has 1 atom stereocenters. The Hall–Kier alpha value is -0.410. The van der Waals surface area contributed by atoms with Crippen LogP contribution in [0.5, 0.6) is 0 Å². The Kier molecular flexibility index (Phi) is 3.98. The fourth-order valence-electron chi connectivity index (χ4n) is 2.04. The average Bonchev–Trinajstić information content (AvgIpc) is 3.06. The summed E-state index contributed by atoms with van der Waals surface area (Å²) in [6.45, 7) is 3.08. The van der Waals surface area contributed by atoms with Crippen LogP contribution in [-0.2, 0) is 0 Å². The maximum atomic E-state index is 13.8. The molecule has 0 aromatic heterocycles. The highest BCUT2D eigenvalue weighted by Gasteiger charge is 2.34. The minimum absolute atomic E-state index is 0.102. The summed E-state index contributed by atoms with van der Waals surface area (Å²) in [4.78, 5) is 0. The first kappa shape index (κ1) is 12.1. The first-order valence-electron chi connectivity index (χ1n) is 5.91. The highest BCUT2D eigenvalue weighted by atomic mass is 79.9. The van der Waals surface area contributed by atoms with Crippen molar-refractivity contribution in [2.45, 2.75) is 32.2 Å². The van der Waals surface area contributed by atoms with Crippen LogP contribution < -0.4 is 5.32 Å². The summed E-state index contributed by atoms with van der Waals surface area (Å²) in [6.07, 6.45) is 3.50. The Bertz CT molecular complexity index is 343. The predicted octanol–water partition coefficient (Wildman–Crippen LogP) is 4.04. The molecule has 1 fully saturated rings. The molecule has 0 amide bonds. The molecular formula is C13H17BrFN. The lowest BCUT2D eigenvalue weighted by molar-refractivity contribution is 0.456. The van der Waals surface area contributed by atoms with Gasteiger partial charge in [-0.25, -0.2) is 4.39 Å². The second-order valence-electron chi connectivity index (χ2n) is 4.40. The molecule has 1 aliphatic rings. The number of hydrogen-bond donors (Lipinski definition) is 1. The Morgan fingerprint density at radius 1 is 1.50 bits per heavy atom. The third-order valence-electron chi connectivity index (χ3n) is 3.02. The maximum absolute atomic E-state index is 13.8. The lowest BCUT2D eigenvalue weighted by atomic mass is 10.0. The first-order valence-corrected chi connectivity index (χ1v) is 6.70. The van der Waals surface area contributed by atoms with Crippen molar-refractivity contribution in [1.82, 2.24) is 5.32 Å². The molecular weight excluding hydrogens is 269 g/mol. The minimum Gasteiger partial charge on any atom is -0.310 e. The van der Waals surface area contributed by atoms with E-state index in [1.807, 2.05) is 6.07 Å². The van der Waals surface area contributed by atoms with Crippen LogP contribution >= 0.6 is 15.9 Å². The standard InChI is InChI=1S/C13H17BrFN/c1-2-8-16-13(9-6-7-9)12-10(14)4-3-5-11(12)15/h3-5,9,13,16H,2,6-8H2,1H3. The van der Waals surface area contributed by atoms with Crippen molar-refractivity contribution in [2.24, 2.45) is 5.92 Å². The highest BCUT2D eigenvalue weighted by molar-refractivity contribution is 9.10. The summed E-state index contributed by atoms with van der Waals surface area (Å²) in [5.74, 6) is 0.509. The summed E-state index contributed by atoms with van der Waals surface area (Å²) in [5.41, 5.74) is 0.804. The summed E-state index contributed by atoms with van der Waals surface area (Å²) >= 11 is 3.46. The van der Waals surface area contributed by atoms with Crippen LogP contribution in [0.1, 0.15) is 37.8 Å². The summed E-state index contributed by atoms with van der Waals surface area (Å²) < 4.78 is 14.7. The SMILES string of the molecule is CCCNC(c1c(F)cccc1Br)C1CC1. The van der Waals surface area contributed by atoms with Gasteiger partial charge in [0.05, 0.1) is 0 Å². The number of halogens is 2. The molecule has 0 aliphatic heterocycles. The molecule has 0 heterocycles. The molecule has 1 aliphatic carbocycles. The van der Waals surface area contributed by atoms with Crippen LogP contribution in [0.15, 0.2) is 22.7 Å². The first-order chi connectivity index (χ1) is 7.74. The molecule has 1 saturated carbocycles. The summed E-state index contributed by atoms with van der Waals surface area (Å²) in [5, 5.41) is 3.46. The number of benzene rings is 1. The van der Waals surface area contributed by atoms with Crippen molar-refractivity contribution < 1.29 is 4.39 Å². The smallest absolute Gasteiger partial charge is 0.129 e. The predicted molar refractivity (Wildman–Crippen MR) is 67.9 cm³/mol. The summed E-state index contributed by atoms with van der Waals surface area (Å²) in [7, 11) is 0. The Morgan fingerprint density at radius 3 is 2.81 bits per heavy atom. The van der Waals surface area contributed by atoms with Gasteiger partial charge >= 0.3 is 0 Å². The number of rotatable bonds is 5. The van der Waals surface area contributed by atoms with E-state index < -0.39 is 0 Å². The Labute approximate surface area is 105 Å². The van der Waals surface area contributed by atoms with E-state index in [-0.39, 0.29) is 11.9 Å². The van der Waals surface area contributed by atoms with Gasteiger partial charge in [0.1, 0.15) is 5.82 Å². The molecule has 1 nitrogen and oxygen atoms in total. The minimum atomic E-state index is -0.102. The van der Waals surface area contributed by atoms with Crippen LogP contribution in [0.25, 0.3) is 0 Å². The second-order valence-corrected chi connectivity index (χ2v) is 5.26. The van der Waals surface area contributed by atoms with Gasteiger partial charge in [-0.15, -0.1) is 0 Å². The monoisotopic (exact) mass is 285 g/mol. The van der Waals surface area contributed by atoms with Crippen molar-refractivity contribution >= 4 is 15.9 Å². The zero-order chi connectivity index (χ0) is 11.5. The average molecular weight is 286 g/mol. The molecule has 1 aromatic rings. The van der Waals surface area contributed by atoms with Crippen molar-refractivity contribution in [3.05, 3.63) is 34.1 Å². The van der Waals surface area contributed by atoms with Crippen molar-refractivity contribution in [3.63, 3.8) is 0 Å². The quantitative estimate of drug-likeness (QED) is 0.861. The number of nitrogens with one attached hydrogen (secondary N) is 1. The van der Waals surface area contributed by atoms with Gasteiger partial charge in [0.15, 0.2) is 0 Å². The molecule has 16 heavy (non-hydrogen) atoms. The highest BCUT2D eigenvalue weighted by Crippen LogP contribution is 2.43. The third-order valence-corrected chi connectivity index (χ3v) is 3.71. The third kappa shape index (κ3) is 2.64. The lowest BCUT2D eigenvalue weighted by Crippen LogP contribution is -2.25. The van der Waals surface area contributed by atoms with Crippen molar-refractivity contribution in [2.75, 3.05) is 6.54 Å². The van der Waals surface area contributed by atoms with Gasteiger partial charge in [0.25, 0.3) is 0 Å². The molecule has 1 aromatic carbocycles. The van der Waals surface area contributed by atoms with Gasteiger partial charge < -0.3 is 5.32 Å². The molecule has 3 heteroatoms. The Balaban J connectivity index is 2.23. The van der Waals surface area contributed by atoms with Crippen molar-refractivity contribution in [1.29, 1.82) is 0 Å². The molecule has 0 radical (unpaired) electrons. The van der Waals surface area contributed by atoms with Crippen LogP contribution in [-0.4, -0.2) is 6.54 Å². The van der Waals surface area contributed by atoms with Gasteiger partial charge in [-0.2, -0.15) is 0 Å². The lowest BCUT2D eigenvalue weighted by Gasteiger charge is -2.20. The van der Waals surface area contributed by atoms with Gasteiger partial charge in [0.2, 0.25) is 0 Å². The maximum Gasteiger partial charge on any atom is 0.129 e. The van der Waals surface area contributed by atoms with E-state index in [9.17, 15) is 4.39 Å². The molecule has 0 saturated heterocycles. The van der Waals surface area contributed by atoms with E-state index in [0.29, 0.717) is 5.92 Å². The van der Waals surface area contributed by atoms with E-state index in [1.54, 1.807) is 12.1 Å². The molecule has 2 rings (SSSR count).